The van der Waals surface area contributed by atoms with E-state index in [-0.39, 0.29) is 30.7 Å². The minimum atomic E-state index is -0.395. The second-order valence-corrected chi connectivity index (χ2v) is 9.85. The smallest absolute Gasteiger partial charge is 0.289 e. The van der Waals surface area contributed by atoms with E-state index in [1.165, 1.54) is 13.2 Å². The molecule has 2 aromatic heterocycles. The Bertz CT molecular complexity index is 1460. The van der Waals surface area contributed by atoms with Crippen LogP contribution in [-0.4, -0.2) is 46.7 Å². The van der Waals surface area contributed by atoms with Crippen molar-refractivity contribution in [2.24, 2.45) is 0 Å². The van der Waals surface area contributed by atoms with Crippen molar-refractivity contribution in [2.75, 3.05) is 25.5 Å². The number of aryl methyl sites for hydroxylation is 1. The van der Waals surface area contributed by atoms with Gasteiger partial charge in [0, 0.05) is 42.4 Å². The molecule has 1 aliphatic rings. The van der Waals surface area contributed by atoms with Gasteiger partial charge in [0.15, 0.2) is 5.76 Å². The number of methoxy groups -OCH3 is 1. The van der Waals surface area contributed by atoms with E-state index < -0.39 is 5.82 Å². The number of hydrogen-bond acceptors (Lipinski definition) is 5. The van der Waals surface area contributed by atoms with E-state index in [2.05, 4.69) is 10.4 Å². The standard InChI is InChI=1S/C29H28ClFN4O4/c1-38-24-8-4-19(25(31)16-24)5-11-28(36)33-22-17-32-35(18-22)23-12-14-34(15-13-23)29(37)27-10-9-26(39-27)20-2-6-21(30)7-3-20/h2-4,6-10,16-18,23H,5,11-15H2,1H3,(H,33,36). The summed E-state index contributed by atoms with van der Waals surface area (Å²) < 4.78 is 26.8. The molecule has 0 atom stereocenters. The van der Waals surface area contributed by atoms with Crippen molar-refractivity contribution >= 4 is 29.1 Å². The summed E-state index contributed by atoms with van der Waals surface area (Å²) in [6.07, 6.45) is 5.26. The van der Waals surface area contributed by atoms with Crippen molar-refractivity contribution < 1.29 is 23.1 Å². The fourth-order valence-electron chi connectivity index (χ4n) is 4.64. The lowest BCUT2D eigenvalue weighted by molar-refractivity contribution is -0.116. The number of anilines is 1. The maximum Gasteiger partial charge on any atom is 0.289 e. The number of nitrogens with one attached hydrogen (secondary N) is 1. The van der Waals surface area contributed by atoms with Crippen LogP contribution in [-0.2, 0) is 11.2 Å². The van der Waals surface area contributed by atoms with Crippen molar-refractivity contribution in [3.63, 3.8) is 0 Å². The van der Waals surface area contributed by atoms with Gasteiger partial charge in [-0.15, -0.1) is 0 Å². The van der Waals surface area contributed by atoms with Gasteiger partial charge in [-0.3, -0.25) is 14.3 Å². The number of furan rings is 1. The molecule has 0 aliphatic carbocycles. The van der Waals surface area contributed by atoms with Crippen molar-refractivity contribution in [3.05, 3.63) is 89.2 Å². The predicted octanol–water partition coefficient (Wildman–Crippen LogP) is 5.99. The van der Waals surface area contributed by atoms with E-state index in [1.807, 2.05) is 16.8 Å². The van der Waals surface area contributed by atoms with Crippen LogP contribution in [0.15, 0.2) is 71.4 Å². The maximum absolute atomic E-state index is 14.1. The highest BCUT2D eigenvalue weighted by atomic mass is 35.5. The Labute approximate surface area is 230 Å². The van der Waals surface area contributed by atoms with Gasteiger partial charge in [0.1, 0.15) is 17.3 Å². The van der Waals surface area contributed by atoms with Crippen LogP contribution in [0.3, 0.4) is 0 Å². The first kappa shape index (κ1) is 26.5. The average Bonchev–Trinajstić information content (AvgIpc) is 3.63. The molecule has 3 heterocycles. The summed E-state index contributed by atoms with van der Waals surface area (Å²) in [5.74, 6) is 0.598. The lowest BCUT2D eigenvalue weighted by Crippen LogP contribution is -2.39. The molecule has 1 saturated heterocycles. The number of benzene rings is 2. The Kier molecular flexibility index (Phi) is 7.97. The lowest BCUT2D eigenvalue weighted by atomic mass is 10.1. The number of carbonyl (C=O) groups excluding carboxylic acids is 2. The van der Waals surface area contributed by atoms with Gasteiger partial charge in [0.25, 0.3) is 5.91 Å². The molecule has 5 rings (SSSR count). The molecule has 39 heavy (non-hydrogen) atoms. The highest BCUT2D eigenvalue weighted by molar-refractivity contribution is 6.30. The Hall–Kier alpha value is -4.11. The van der Waals surface area contributed by atoms with Gasteiger partial charge in [-0.25, -0.2) is 4.39 Å². The first-order chi connectivity index (χ1) is 18.9. The van der Waals surface area contributed by atoms with Crippen LogP contribution in [0.1, 0.15) is 41.4 Å². The fourth-order valence-corrected chi connectivity index (χ4v) is 4.77. The van der Waals surface area contributed by atoms with Gasteiger partial charge >= 0.3 is 0 Å². The van der Waals surface area contributed by atoms with Gasteiger partial charge in [0.05, 0.1) is 25.0 Å². The second kappa shape index (κ2) is 11.7. The van der Waals surface area contributed by atoms with E-state index in [0.717, 1.165) is 18.4 Å². The van der Waals surface area contributed by atoms with E-state index in [0.29, 0.717) is 46.6 Å². The third-order valence-corrected chi connectivity index (χ3v) is 7.09. The summed E-state index contributed by atoms with van der Waals surface area (Å²) in [4.78, 5) is 27.2. The van der Waals surface area contributed by atoms with Crippen LogP contribution in [0, 0.1) is 5.82 Å². The number of amides is 2. The number of hydrogen-bond donors (Lipinski definition) is 1. The molecule has 10 heteroatoms. The first-order valence-corrected chi connectivity index (χ1v) is 13.1. The number of aromatic nitrogens is 2. The van der Waals surface area contributed by atoms with Gasteiger partial charge < -0.3 is 19.4 Å². The molecular weight excluding hydrogens is 523 g/mol. The van der Waals surface area contributed by atoms with Crippen LogP contribution >= 0.6 is 11.6 Å². The topological polar surface area (TPSA) is 89.6 Å². The van der Waals surface area contributed by atoms with Gasteiger partial charge in [-0.05, 0) is 67.3 Å². The Balaban J connectivity index is 1.11. The van der Waals surface area contributed by atoms with E-state index >= 15 is 0 Å². The van der Waals surface area contributed by atoms with Gasteiger partial charge in [0.2, 0.25) is 5.91 Å². The first-order valence-electron chi connectivity index (χ1n) is 12.7. The van der Waals surface area contributed by atoms with Crippen molar-refractivity contribution in [1.82, 2.24) is 14.7 Å². The number of nitrogens with zero attached hydrogens (tertiary/aromatic N) is 3. The number of carbonyl (C=O) groups is 2. The van der Waals surface area contributed by atoms with E-state index in [1.54, 1.807) is 53.7 Å². The number of rotatable bonds is 8. The maximum atomic E-state index is 14.1. The SMILES string of the molecule is COc1ccc(CCC(=O)Nc2cnn(C3CCN(C(=O)c4ccc(-c5ccc(Cl)cc5)o4)CC3)c2)c(F)c1. The number of piperidine rings is 1. The van der Waals surface area contributed by atoms with E-state index in [9.17, 15) is 14.0 Å². The normalized spacial score (nSPS) is 13.9. The highest BCUT2D eigenvalue weighted by Gasteiger charge is 2.27. The zero-order chi connectivity index (χ0) is 27.4. The minimum Gasteiger partial charge on any atom is -0.497 e. The van der Waals surface area contributed by atoms with Gasteiger partial charge in [-0.2, -0.15) is 5.10 Å². The fraction of sp³-hybridized carbons (Fsp3) is 0.276. The molecule has 0 bridgehead atoms. The lowest BCUT2D eigenvalue weighted by Gasteiger charge is -2.31. The number of likely N-dealkylation sites (tertiary alicyclic amines) is 1. The zero-order valence-electron chi connectivity index (χ0n) is 21.4. The van der Waals surface area contributed by atoms with Crippen LogP contribution in [0.25, 0.3) is 11.3 Å². The highest BCUT2D eigenvalue weighted by Crippen LogP contribution is 2.27. The molecular formula is C29H28ClFN4O4. The molecule has 0 radical (unpaired) electrons. The largest absolute Gasteiger partial charge is 0.497 e. The Morgan fingerprint density at radius 2 is 1.90 bits per heavy atom. The molecule has 1 fully saturated rings. The molecule has 0 spiro atoms. The molecule has 8 nitrogen and oxygen atoms in total. The van der Waals surface area contributed by atoms with E-state index in [4.69, 9.17) is 20.8 Å². The number of halogens is 2. The molecule has 1 N–H and O–H groups in total. The molecule has 4 aromatic rings. The van der Waals surface area contributed by atoms with Crippen molar-refractivity contribution in [3.8, 4) is 17.1 Å². The van der Waals surface area contributed by atoms with Crippen LogP contribution in [0.5, 0.6) is 5.75 Å². The monoisotopic (exact) mass is 550 g/mol. The summed E-state index contributed by atoms with van der Waals surface area (Å²) in [5, 5.41) is 7.88. The molecule has 202 valence electrons. The van der Waals surface area contributed by atoms with Gasteiger partial charge in [-0.1, -0.05) is 17.7 Å². The Morgan fingerprint density at radius 3 is 2.62 bits per heavy atom. The third kappa shape index (κ3) is 6.31. The van der Waals surface area contributed by atoms with Crippen molar-refractivity contribution in [2.45, 2.75) is 31.7 Å². The Morgan fingerprint density at radius 1 is 1.13 bits per heavy atom. The zero-order valence-corrected chi connectivity index (χ0v) is 22.2. The summed E-state index contributed by atoms with van der Waals surface area (Å²) in [6, 6.07) is 15.5. The van der Waals surface area contributed by atoms with Crippen LogP contribution in [0.4, 0.5) is 10.1 Å². The summed E-state index contributed by atoms with van der Waals surface area (Å²) >= 11 is 5.95. The predicted molar refractivity (Wildman–Crippen MR) is 145 cm³/mol. The molecule has 1 aliphatic heterocycles. The van der Waals surface area contributed by atoms with Crippen LogP contribution in [0.2, 0.25) is 5.02 Å². The minimum absolute atomic E-state index is 0.106. The summed E-state index contributed by atoms with van der Waals surface area (Å²) in [6.45, 7) is 1.13. The summed E-state index contributed by atoms with van der Waals surface area (Å²) in [5.41, 5.74) is 1.89. The quantitative estimate of drug-likeness (QED) is 0.291. The molecule has 0 saturated carbocycles. The van der Waals surface area contributed by atoms with Crippen molar-refractivity contribution in [1.29, 1.82) is 0 Å². The summed E-state index contributed by atoms with van der Waals surface area (Å²) in [7, 11) is 1.48. The molecule has 0 unspecified atom stereocenters. The number of ether oxygens (including phenoxy) is 1. The second-order valence-electron chi connectivity index (χ2n) is 9.41. The molecule has 2 amide bonds. The molecule has 2 aromatic carbocycles. The van der Waals surface area contributed by atoms with Crippen LogP contribution < -0.4 is 10.1 Å². The average molecular weight is 551 g/mol. The third-order valence-electron chi connectivity index (χ3n) is 6.84.